The van der Waals surface area contributed by atoms with Crippen molar-refractivity contribution in [2.45, 2.75) is 33.7 Å². The molecule has 0 bridgehead atoms. The molecule has 1 amide bonds. The summed E-state index contributed by atoms with van der Waals surface area (Å²) >= 11 is 0. The van der Waals surface area contributed by atoms with Crippen molar-refractivity contribution in [3.63, 3.8) is 0 Å². The summed E-state index contributed by atoms with van der Waals surface area (Å²) in [7, 11) is 0. The van der Waals surface area contributed by atoms with Gasteiger partial charge in [-0.15, -0.1) is 0 Å². The topological polar surface area (TPSA) is 48.0 Å². The molecule has 0 fully saturated rings. The highest BCUT2D eigenvalue weighted by Gasteiger charge is 2.24. The molecule has 0 aliphatic rings. The molecule has 2 aromatic carbocycles. The molecule has 0 unspecified atom stereocenters. The van der Waals surface area contributed by atoms with Crippen molar-refractivity contribution in [2.24, 2.45) is 5.73 Å². The van der Waals surface area contributed by atoms with Gasteiger partial charge < -0.3 is 10.3 Å². The molecule has 1 heterocycles. The molecule has 3 nitrogen and oxygen atoms in total. The lowest BCUT2D eigenvalue weighted by Gasteiger charge is -2.12. The zero-order valence-electron chi connectivity index (χ0n) is 15.3. The number of carbonyl (C=O) groups is 1. The summed E-state index contributed by atoms with van der Waals surface area (Å²) in [4.78, 5) is 12.2. The van der Waals surface area contributed by atoms with Crippen molar-refractivity contribution in [2.75, 3.05) is 0 Å². The van der Waals surface area contributed by atoms with Crippen molar-refractivity contribution in [1.82, 2.24) is 4.57 Å². The average Bonchev–Trinajstić information content (AvgIpc) is 2.87. The van der Waals surface area contributed by atoms with Gasteiger partial charge in [-0.2, -0.15) is 0 Å². The zero-order valence-corrected chi connectivity index (χ0v) is 15.3. The highest BCUT2D eigenvalue weighted by atomic mass is 19.1. The Morgan fingerprint density at radius 3 is 2.46 bits per heavy atom. The van der Waals surface area contributed by atoms with Gasteiger partial charge in [0.1, 0.15) is 5.82 Å². The average molecular weight is 350 g/mol. The fraction of sp³-hybridized carbons (Fsp3) is 0.227. The number of aryl methyl sites for hydroxylation is 1. The van der Waals surface area contributed by atoms with E-state index in [9.17, 15) is 9.18 Å². The molecule has 3 aromatic rings. The first kappa shape index (κ1) is 17.9. The summed E-state index contributed by atoms with van der Waals surface area (Å²) in [6.45, 7) is 6.64. The normalized spacial score (nSPS) is 10.9. The van der Waals surface area contributed by atoms with E-state index >= 15 is 0 Å². The molecule has 134 valence electrons. The van der Waals surface area contributed by atoms with Gasteiger partial charge >= 0.3 is 0 Å². The van der Waals surface area contributed by atoms with Gasteiger partial charge in [-0.25, -0.2) is 4.39 Å². The van der Waals surface area contributed by atoms with Gasteiger partial charge in [0.25, 0.3) is 5.91 Å². The molecule has 0 aliphatic carbocycles. The summed E-state index contributed by atoms with van der Waals surface area (Å²) in [5.41, 5.74) is 11.7. The van der Waals surface area contributed by atoms with Crippen LogP contribution in [0.4, 0.5) is 4.39 Å². The van der Waals surface area contributed by atoms with E-state index in [-0.39, 0.29) is 5.82 Å². The third-order valence-corrected chi connectivity index (χ3v) is 4.75. The Morgan fingerprint density at radius 2 is 1.85 bits per heavy atom. The lowest BCUT2D eigenvalue weighted by atomic mass is 9.98. The van der Waals surface area contributed by atoms with Crippen LogP contribution in [0, 0.1) is 19.7 Å². The molecule has 0 spiro atoms. The fourth-order valence-electron chi connectivity index (χ4n) is 3.63. The minimum Gasteiger partial charge on any atom is -0.366 e. The Balaban J connectivity index is 2.23. The van der Waals surface area contributed by atoms with Gasteiger partial charge in [-0.3, -0.25) is 4.79 Å². The van der Waals surface area contributed by atoms with Crippen LogP contribution in [0.3, 0.4) is 0 Å². The van der Waals surface area contributed by atoms with Gasteiger partial charge in [-0.05, 0) is 43.5 Å². The number of rotatable bonds is 5. The maximum absolute atomic E-state index is 13.8. The first-order valence-corrected chi connectivity index (χ1v) is 8.75. The van der Waals surface area contributed by atoms with Crippen LogP contribution in [0.15, 0.2) is 48.5 Å². The molecule has 3 rings (SSSR count). The van der Waals surface area contributed by atoms with E-state index in [1.54, 1.807) is 6.07 Å². The number of nitrogens with zero attached hydrogens (tertiary/aromatic N) is 1. The van der Waals surface area contributed by atoms with Crippen LogP contribution in [-0.4, -0.2) is 10.5 Å². The molecule has 0 aliphatic heterocycles. The van der Waals surface area contributed by atoms with Crippen LogP contribution in [-0.2, 0) is 13.0 Å². The van der Waals surface area contributed by atoms with Gasteiger partial charge in [-0.1, -0.05) is 48.9 Å². The van der Waals surface area contributed by atoms with Crippen LogP contribution < -0.4 is 5.73 Å². The summed E-state index contributed by atoms with van der Waals surface area (Å²) in [6, 6.07) is 14.6. The summed E-state index contributed by atoms with van der Waals surface area (Å²) in [6.07, 6.45) is 0.714. The monoisotopic (exact) mass is 350 g/mol. The fourth-order valence-corrected chi connectivity index (χ4v) is 3.63. The van der Waals surface area contributed by atoms with Crippen molar-refractivity contribution >= 4 is 5.91 Å². The number of amides is 1. The molecule has 0 saturated carbocycles. The third-order valence-electron chi connectivity index (χ3n) is 4.75. The van der Waals surface area contributed by atoms with Crippen molar-refractivity contribution in [3.05, 3.63) is 82.4 Å². The Hall–Kier alpha value is -2.88. The first-order valence-electron chi connectivity index (χ1n) is 8.75. The third kappa shape index (κ3) is 3.27. The van der Waals surface area contributed by atoms with Crippen LogP contribution in [0.2, 0.25) is 0 Å². The lowest BCUT2D eigenvalue weighted by Crippen LogP contribution is -2.13. The van der Waals surface area contributed by atoms with Crippen LogP contribution in [0.5, 0.6) is 0 Å². The molecule has 2 N–H and O–H groups in total. The second-order valence-electron chi connectivity index (χ2n) is 6.59. The van der Waals surface area contributed by atoms with Crippen molar-refractivity contribution < 1.29 is 9.18 Å². The Labute approximate surface area is 153 Å². The Bertz CT molecular complexity index is 972. The van der Waals surface area contributed by atoms with E-state index in [4.69, 9.17) is 5.73 Å². The standard InChI is InChI=1S/C22H23FN2O/c1-4-19-21(17-9-6-10-18(23)12-17)20(22(24)26)15(3)25(19)13-16-8-5-7-14(2)11-16/h5-12H,4,13H2,1-3H3,(H2,24,26). The Morgan fingerprint density at radius 1 is 1.12 bits per heavy atom. The highest BCUT2D eigenvalue weighted by Crippen LogP contribution is 2.34. The zero-order chi connectivity index (χ0) is 18.8. The number of nitrogens with two attached hydrogens (primary N) is 1. The van der Waals surface area contributed by atoms with E-state index in [0.717, 1.165) is 22.5 Å². The maximum Gasteiger partial charge on any atom is 0.251 e. The smallest absolute Gasteiger partial charge is 0.251 e. The molecule has 1 aromatic heterocycles. The molecular formula is C22H23FN2O. The van der Waals surface area contributed by atoms with Crippen molar-refractivity contribution in [1.29, 1.82) is 0 Å². The highest BCUT2D eigenvalue weighted by molar-refractivity contribution is 6.02. The van der Waals surface area contributed by atoms with Crippen LogP contribution in [0.1, 0.15) is 39.8 Å². The molecule has 0 saturated heterocycles. The minimum absolute atomic E-state index is 0.330. The van der Waals surface area contributed by atoms with Crippen molar-refractivity contribution in [3.8, 4) is 11.1 Å². The van der Waals surface area contributed by atoms with E-state index < -0.39 is 5.91 Å². The number of halogens is 1. The molecule has 0 atom stereocenters. The lowest BCUT2D eigenvalue weighted by molar-refractivity contribution is 0.1000. The van der Waals surface area contributed by atoms with E-state index in [2.05, 4.69) is 29.7 Å². The van der Waals surface area contributed by atoms with Crippen LogP contribution >= 0.6 is 0 Å². The first-order chi connectivity index (χ1) is 12.4. The van der Waals surface area contributed by atoms with E-state index in [0.29, 0.717) is 24.1 Å². The maximum atomic E-state index is 13.8. The SMILES string of the molecule is CCc1c(-c2cccc(F)c2)c(C(N)=O)c(C)n1Cc1cccc(C)c1. The quantitative estimate of drug-likeness (QED) is 0.717. The van der Waals surface area contributed by atoms with Gasteiger partial charge in [0, 0.05) is 23.5 Å². The molecule has 26 heavy (non-hydrogen) atoms. The number of hydrogen-bond donors (Lipinski definition) is 1. The minimum atomic E-state index is -0.487. The second-order valence-corrected chi connectivity index (χ2v) is 6.59. The summed E-state index contributed by atoms with van der Waals surface area (Å²) in [5, 5.41) is 0. The van der Waals surface area contributed by atoms with Gasteiger partial charge in [0.15, 0.2) is 0 Å². The van der Waals surface area contributed by atoms with Crippen LogP contribution in [0.25, 0.3) is 11.1 Å². The predicted molar refractivity (Wildman–Crippen MR) is 103 cm³/mol. The molecular weight excluding hydrogens is 327 g/mol. The Kier molecular flexibility index (Phi) is 4.94. The molecule has 0 radical (unpaired) electrons. The number of hydrogen-bond acceptors (Lipinski definition) is 1. The van der Waals surface area contributed by atoms with Gasteiger partial charge in [0.2, 0.25) is 0 Å². The number of aromatic nitrogens is 1. The number of primary amides is 1. The second kappa shape index (κ2) is 7.16. The largest absolute Gasteiger partial charge is 0.366 e. The number of carbonyl (C=O) groups excluding carboxylic acids is 1. The summed E-state index contributed by atoms with van der Waals surface area (Å²) < 4.78 is 15.9. The summed E-state index contributed by atoms with van der Waals surface area (Å²) in [5.74, 6) is -0.816. The van der Waals surface area contributed by atoms with E-state index in [1.165, 1.54) is 17.7 Å². The molecule has 4 heteroatoms. The van der Waals surface area contributed by atoms with E-state index in [1.807, 2.05) is 26.0 Å². The number of benzene rings is 2. The predicted octanol–water partition coefficient (Wildman–Crippen LogP) is 4.62. The van der Waals surface area contributed by atoms with Gasteiger partial charge in [0.05, 0.1) is 5.56 Å².